The van der Waals surface area contributed by atoms with Crippen LogP contribution in [0.5, 0.6) is 0 Å². The van der Waals surface area contributed by atoms with Crippen LogP contribution in [0.15, 0.2) is 65.9 Å². The lowest BCUT2D eigenvalue weighted by atomic mass is 9.75. The molecule has 1 aromatic carbocycles. The van der Waals surface area contributed by atoms with Crippen LogP contribution in [0.3, 0.4) is 0 Å². The van der Waals surface area contributed by atoms with Gasteiger partial charge in [0.15, 0.2) is 0 Å². The molecule has 0 aliphatic heterocycles. The Balaban J connectivity index is 1.87. The molecular formula is C28H44FN3S. The van der Waals surface area contributed by atoms with Gasteiger partial charge in [-0.25, -0.2) is 4.39 Å². The highest BCUT2D eigenvalue weighted by Gasteiger charge is 2.33. The number of hydrogen-bond donors (Lipinski definition) is 3. The van der Waals surface area contributed by atoms with E-state index in [1.807, 2.05) is 18.2 Å². The van der Waals surface area contributed by atoms with Gasteiger partial charge >= 0.3 is 0 Å². The number of anilines is 1. The first-order valence-electron chi connectivity index (χ1n) is 12.1. The highest BCUT2D eigenvalue weighted by atomic mass is 32.2. The van der Waals surface area contributed by atoms with Gasteiger partial charge in [-0.15, -0.1) is 9.39 Å². The maximum atomic E-state index is 14.4. The second-order valence-electron chi connectivity index (χ2n) is 9.78. The molecule has 33 heavy (non-hydrogen) atoms. The van der Waals surface area contributed by atoms with Crippen molar-refractivity contribution in [1.82, 2.24) is 10.0 Å². The Bertz CT molecular complexity index is 907. The molecule has 0 bridgehead atoms. The number of nitrogens with one attached hydrogen (secondary N) is 3. The minimum Gasteiger partial charge on any atom is -0.368 e. The summed E-state index contributed by atoms with van der Waals surface area (Å²) in [4.78, 5) is 1.10. The molecule has 3 N–H and O–H groups in total. The molecule has 2 atom stereocenters. The molecule has 1 fully saturated rings. The molecule has 0 amide bonds. The molecule has 2 unspecified atom stereocenters. The van der Waals surface area contributed by atoms with E-state index in [4.69, 9.17) is 0 Å². The molecule has 184 valence electrons. The van der Waals surface area contributed by atoms with Crippen LogP contribution < -0.4 is 15.4 Å². The summed E-state index contributed by atoms with van der Waals surface area (Å²) in [7, 11) is -1.62. The van der Waals surface area contributed by atoms with E-state index in [0.717, 1.165) is 61.5 Å². The van der Waals surface area contributed by atoms with Crippen molar-refractivity contribution in [3.8, 4) is 0 Å². The third kappa shape index (κ3) is 9.05. The summed E-state index contributed by atoms with van der Waals surface area (Å²) in [5.74, 6) is 10.1. The minimum absolute atomic E-state index is 0.147. The van der Waals surface area contributed by atoms with Gasteiger partial charge in [-0.2, -0.15) is 0 Å². The van der Waals surface area contributed by atoms with Crippen molar-refractivity contribution in [2.45, 2.75) is 69.9 Å². The van der Waals surface area contributed by atoms with Gasteiger partial charge in [0.2, 0.25) is 0 Å². The summed E-state index contributed by atoms with van der Waals surface area (Å²) in [6, 6.07) is 8.21. The molecule has 1 aliphatic carbocycles. The van der Waals surface area contributed by atoms with Gasteiger partial charge in [0.25, 0.3) is 0 Å². The van der Waals surface area contributed by atoms with Crippen molar-refractivity contribution >= 4 is 26.8 Å². The normalized spacial score (nSPS) is 19.7. The smallest absolute Gasteiger partial charge is 0.108 e. The maximum Gasteiger partial charge on any atom is 0.108 e. The number of alkyl halides is 1. The average Bonchev–Trinajstić information content (AvgIpc) is 2.78. The van der Waals surface area contributed by atoms with Crippen LogP contribution in [0.4, 0.5) is 10.1 Å². The lowest BCUT2D eigenvalue weighted by Crippen LogP contribution is -2.34. The molecule has 0 spiro atoms. The van der Waals surface area contributed by atoms with Crippen LogP contribution in [-0.2, 0) is 0 Å². The van der Waals surface area contributed by atoms with E-state index in [-0.39, 0.29) is 5.92 Å². The fourth-order valence-corrected chi connectivity index (χ4v) is 5.62. The highest BCUT2D eigenvalue weighted by Crippen LogP contribution is 2.38. The molecule has 3 nitrogen and oxygen atoms in total. The zero-order valence-electron chi connectivity index (χ0n) is 20.9. The fourth-order valence-electron chi connectivity index (χ4n) is 4.24. The van der Waals surface area contributed by atoms with Crippen molar-refractivity contribution in [3.63, 3.8) is 0 Å². The van der Waals surface area contributed by atoms with Crippen molar-refractivity contribution in [2.24, 2.45) is 11.8 Å². The number of unbranched alkanes of at least 4 members (excludes halogenated alkanes) is 1. The minimum atomic E-state index is -1.62. The van der Waals surface area contributed by atoms with Gasteiger partial charge in [0.1, 0.15) is 5.67 Å². The SMILES string of the molecule is C=C/C(=C\CCC)CNC(=C)Nc1ccc(S(=C)(=C)NCC2CCCC(C(C)(C)F)C2)cc1. The molecule has 1 aromatic rings. The molecule has 2 rings (SSSR count). The van der Waals surface area contributed by atoms with E-state index in [9.17, 15) is 4.39 Å². The van der Waals surface area contributed by atoms with E-state index in [0.29, 0.717) is 12.5 Å². The zero-order chi connectivity index (χ0) is 24.5. The van der Waals surface area contributed by atoms with Gasteiger partial charge in [0, 0.05) is 23.7 Å². The monoisotopic (exact) mass is 473 g/mol. The number of hydrogen-bond acceptors (Lipinski definition) is 3. The van der Waals surface area contributed by atoms with E-state index in [1.54, 1.807) is 13.8 Å². The zero-order valence-corrected chi connectivity index (χ0v) is 21.7. The molecule has 0 aromatic heterocycles. The van der Waals surface area contributed by atoms with Crippen LogP contribution in [0.25, 0.3) is 0 Å². The Labute approximate surface area is 202 Å². The Morgan fingerprint density at radius 1 is 1.21 bits per heavy atom. The summed E-state index contributed by atoms with van der Waals surface area (Å²) in [6.45, 7) is 15.1. The Hall–Kier alpha value is -1.98. The molecule has 0 saturated heterocycles. The maximum absolute atomic E-state index is 14.4. The highest BCUT2D eigenvalue weighted by molar-refractivity contribution is 8.26. The van der Waals surface area contributed by atoms with Crippen LogP contribution >= 0.6 is 9.39 Å². The van der Waals surface area contributed by atoms with Crippen LogP contribution in [0.1, 0.15) is 59.3 Å². The Morgan fingerprint density at radius 2 is 1.91 bits per heavy atom. The van der Waals surface area contributed by atoms with Crippen molar-refractivity contribution in [3.05, 3.63) is 61.0 Å². The predicted octanol–water partition coefficient (Wildman–Crippen LogP) is 7.16. The number of rotatable bonds is 13. The second kappa shape index (κ2) is 12.5. The first-order valence-corrected chi connectivity index (χ1v) is 14.1. The molecular weight excluding hydrogens is 429 g/mol. The summed E-state index contributed by atoms with van der Waals surface area (Å²) >= 11 is 0. The quantitative estimate of drug-likeness (QED) is 0.210. The van der Waals surface area contributed by atoms with Gasteiger partial charge in [-0.1, -0.05) is 56.8 Å². The lowest BCUT2D eigenvalue weighted by molar-refractivity contribution is 0.0753. The Kier molecular flexibility index (Phi) is 10.3. The van der Waals surface area contributed by atoms with E-state index < -0.39 is 15.1 Å². The van der Waals surface area contributed by atoms with Crippen LogP contribution in [0, 0.1) is 11.8 Å². The second-order valence-corrected chi connectivity index (χ2v) is 12.3. The topological polar surface area (TPSA) is 36.1 Å². The fraction of sp³-hybridized carbons (Fsp3) is 0.500. The molecule has 0 radical (unpaired) electrons. The lowest BCUT2D eigenvalue weighted by Gasteiger charge is -2.35. The third-order valence-corrected chi connectivity index (χ3v) is 8.36. The van der Waals surface area contributed by atoms with Gasteiger partial charge in [-0.05, 0) is 81.2 Å². The molecule has 5 heteroatoms. The number of halogens is 1. The number of allylic oxidation sites excluding steroid dienone is 1. The predicted molar refractivity (Wildman–Crippen MR) is 149 cm³/mol. The van der Waals surface area contributed by atoms with Gasteiger partial charge < -0.3 is 10.6 Å². The molecule has 1 saturated carbocycles. The van der Waals surface area contributed by atoms with Gasteiger partial charge in [0.05, 0.1) is 5.82 Å². The Morgan fingerprint density at radius 3 is 2.52 bits per heavy atom. The summed E-state index contributed by atoms with van der Waals surface area (Å²) in [6.07, 6.45) is 10.4. The summed E-state index contributed by atoms with van der Waals surface area (Å²) < 4.78 is 18.0. The van der Waals surface area contributed by atoms with E-state index >= 15 is 0 Å². The van der Waals surface area contributed by atoms with Crippen molar-refractivity contribution in [1.29, 1.82) is 0 Å². The van der Waals surface area contributed by atoms with Crippen molar-refractivity contribution < 1.29 is 4.39 Å². The average molecular weight is 474 g/mol. The van der Waals surface area contributed by atoms with Gasteiger partial charge in [-0.3, -0.25) is 4.72 Å². The first kappa shape index (κ1) is 27.3. The standard InChI is InChI=1S/C28H44FN3S/c1-8-10-12-23(9-2)20-30-22(3)32-26-15-17-27(18-16-26)33(6,7)31-21-24-13-11-14-25(19-24)28(4,5)29/h9,12,15-18,24-25,30-32H,2-3,6-8,10-11,13-14,19-21H2,1,4-5H3/b23-12+. The van der Waals surface area contributed by atoms with E-state index in [1.165, 1.54) is 5.57 Å². The van der Waals surface area contributed by atoms with Crippen LogP contribution in [-0.4, -0.2) is 30.5 Å². The number of benzene rings is 1. The molecule has 1 aliphatic rings. The third-order valence-electron chi connectivity index (χ3n) is 6.47. The summed E-state index contributed by atoms with van der Waals surface area (Å²) in [5, 5.41) is 6.61. The van der Waals surface area contributed by atoms with E-state index in [2.05, 4.69) is 65.4 Å². The van der Waals surface area contributed by atoms with Crippen LogP contribution in [0.2, 0.25) is 0 Å². The largest absolute Gasteiger partial charge is 0.368 e. The molecule has 0 heterocycles. The van der Waals surface area contributed by atoms with Crippen molar-refractivity contribution in [2.75, 3.05) is 18.4 Å². The summed E-state index contributed by atoms with van der Waals surface area (Å²) in [5.41, 5.74) is 1.03. The first-order chi connectivity index (χ1) is 15.5.